The number of guanidine groups is 1. The molecule has 1 aliphatic heterocycles. The summed E-state index contributed by atoms with van der Waals surface area (Å²) in [5.74, 6) is 0.799. The van der Waals surface area contributed by atoms with Gasteiger partial charge in [0, 0.05) is 52.2 Å². The van der Waals surface area contributed by atoms with Crippen LogP contribution in [-0.2, 0) is 9.53 Å². The number of morpholine rings is 1. The van der Waals surface area contributed by atoms with Crippen molar-refractivity contribution >= 4 is 11.9 Å². The molecule has 0 aromatic heterocycles. The number of carbonyl (C=O) groups is 1. The first-order valence-corrected chi connectivity index (χ1v) is 11.1. The second-order valence-electron chi connectivity index (χ2n) is 8.54. The highest BCUT2D eigenvalue weighted by atomic mass is 16.5. The maximum Gasteiger partial charge on any atom is 0.243 e. The normalized spacial score (nSPS) is 20.6. The van der Waals surface area contributed by atoms with Crippen molar-refractivity contribution in [1.29, 1.82) is 0 Å². The van der Waals surface area contributed by atoms with Crippen molar-refractivity contribution in [1.82, 2.24) is 20.4 Å². The lowest BCUT2D eigenvalue weighted by atomic mass is 9.73. The van der Waals surface area contributed by atoms with Gasteiger partial charge in [-0.3, -0.25) is 9.69 Å². The number of ether oxygens (including phenoxy) is 1. The molecule has 0 atom stereocenters. The van der Waals surface area contributed by atoms with Crippen LogP contribution in [0.4, 0.5) is 0 Å². The Morgan fingerprint density at radius 1 is 1.14 bits per heavy atom. The number of unbranched alkanes of at least 4 members (excludes halogenated alkanes) is 1. The van der Waals surface area contributed by atoms with E-state index in [-0.39, 0.29) is 17.9 Å². The van der Waals surface area contributed by atoms with Gasteiger partial charge in [-0.1, -0.05) is 32.6 Å². The SMILES string of the molecule is CCCCNC(=NCC(=O)N(C)C)NCC1(CN2CCOCC2)CCCCC1. The number of aliphatic imine (C=N–C) groups is 1. The second-order valence-corrected chi connectivity index (χ2v) is 8.54. The average molecular weight is 396 g/mol. The Morgan fingerprint density at radius 3 is 2.50 bits per heavy atom. The lowest BCUT2D eigenvalue weighted by Gasteiger charge is -2.42. The van der Waals surface area contributed by atoms with Crippen molar-refractivity contribution in [2.24, 2.45) is 10.4 Å². The topological polar surface area (TPSA) is 69.2 Å². The number of nitrogens with zero attached hydrogens (tertiary/aromatic N) is 3. The quantitative estimate of drug-likeness (QED) is 0.353. The molecule has 1 saturated heterocycles. The molecule has 28 heavy (non-hydrogen) atoms. The van der Waals surface area contributed by atoms with Crippen molar-refractivity contribution in [3.05, 3.63) is 0 Å². The third-order valence-corrected chi connectivity index (χ3v) is 5.90. The van der Waals surface area contributed by atoms with Crippen molar-refractivity contribution in [2.45, 2.75) is 51.9 Å². The van der Waals surface area contributed by atoms with Gasteiger partial charge in [-0.15, -0.1) is 0 Å². The van der Waals surface area contributed by atoms with E-state index < -0.39 is 0 Å². The first kappa shape index (κ1) is 22.9. The highest BCUT2D eigenvalue weighted by Gasteiger charge is 2.34. The van der Waals surface area contributed by atoms with E-state index in [9.17, 15) is 4.79 Å². The molecule has 0 unspecified atom stereocenters. The van der Waals surface area contributed by atoms with Crippen LogP contribution in [0.1, 0.15) is 51.9 Å². The van der Waals surface area contributed by atoms with E-state index >= 15 is 0 Å². The molecule has 7 nitrogen and oxygen atoms in total. The summed E-state index contributed by atoms with van der Waals surface area (Å²) < 4.78 is 5.53. The third-order valence-electron chi connectivity index (χ3n) is 5.90. The molecule has 0 aromatic rings. The fourth-order valence-electron chi connectivity index (χ4n) is 4.04. The average Bonchev–Trinajstić information content (AvgIpc) is 2.71. The maximum atomic E-state index is 12.0. The molecule has 2 fully saturated rings. The number of hydrogen-bond donors (Lipinski definition) is 2. The summed E-state index contributed by atoms with van der Waals surface area (Å²) in [6.45, 7) is 9.06. The second kappa shape index (κ2) is 12.3. The fraction of sp³-hybridized carbons (Fsp3) is 0.905. The maximum absolute atomic E-state index is 12.0. The van der Waals surface area contributed by atoms with Crippen molar-refractivity contribution in [3.63, 3.8) is 0 Å². The lowest BCUT2D eigenvalue weighted by Crippen LogP contribution is -2.51. The van der Waals surface area contributed by atoms with E-state index in [1.165, 1.54) is 32.1 Å². The molecule has 2 N–H and O–H groups in total. The largest absolute Gasteiger partial charge is 0.379 e. The highest BCUT2D eigenvalue weighted by molar-refractivity contribution is 5.84. The van der Waals surface area contributed by atoms with Gasteiger partial charge in [-0.25, -0.2) is 4.99 Å². The van der Waals surface area contributed by atoms with Gasteiger partial charge in [0.15, 0.2) is 5.96 Å². The molecule has 0 spiro atoms. The monoisotopic (exact) mass is 395 g/mol. The predicted molar refractivity (Wildman–Crippen MR) is 115 cm³/mol. The number of likely N-dealkylation sites (N-methyl/N-ethyl adjacent to an activating group) is 1. The van der Waals surface area contributed by atoms with Gasteiger partial charge in [0.05, 0.1) is 13.2 Å². The van der Waals surface area contributed by atoms with Crippen LogP contribution in [0.15, 0.2) is 4.99 Å². The zero-order valence-electron chi connectivity index (χ0n) is 18.3. The van der Waals surface area contributed by atoms with E-state index in [4.69, 9.17) is 4.74 Å². The Labute approximate surface area is 171 Å². The molecular weight excluding hydrogens is 354 g/mol. The van der Waals surface area contributed by atoms with Gasteiger partial charge in [-0.05, 0) is 19.3 Å². The zero-order valence-corrected chi connectivity index (χ0v) is 18.3. The molecule has 0 aromatic carbocycles. The van der Waals surface area contributed by atoms with E-state index in [1.54, 1.807) is 19.0 Å². The summed E-state index contributed by atoms with van der Waals surface area (Å²) in [5.41, 5.74) is 0.286. The Balaban J connectivity index is 1.97. The number of hydrogen-bond acceptors (Lipinski definition) is 4. The van der Waals surface area contributed by atoms with Crippen LogP contribution >= 0.6 is 0 Å². The molecule has 1 aliphatic carbocycles. The fourth-order valence-corrected chi connectivity index (χ4v) is 4.04. The molecule has 1 amide bonds. The molecule has 0 radical (unpaired) electrons. The van der Waals surface area contributed by atoms with Gasteiger partial charge < -0.3 is 20.3 Å². The zero-order chi connectivity index (χ0) is 20.2. The van der Waals surface area contributed by atoms with E-state index in [0.717, 1.165) is 64.7 Å². The number of amides is 1. The Hall–Kier alpha value is -1.34. The molecule has 2 aliphatic rings. The van der Waals surface area contributed by atoms with Gasteiger partial charge in [0.1, 0.15) is 6.54 Å². The summed E-state index contributed by atoms with van der Waals surface area (Å²) >= 11 is 0. The first-order chi connectivity index (χ1) is 13.5. The highest BCUT2D eigenvalue weighted by Crippen LogP contribution is 2.36. The van der Waals surface area contributed by atoms with E-state index in [2.05, 4.69) is 27.4 Å². The summed E-state index contributed by atoms with van der Waals surface area (Å²) in [6.07, 6.45) is 8.71. The molecule has 1 heterocycles. The number of carbonyl (C=O) groups excluding carboxylic acids is 1. The Kier molecular flexibility index (Phi) is 10.1. The van der Waals surface area contributed by atoms with Crippen molar-refractivity contribution in [3.8, 4) is 0 Å². The van der Waals surface area contributed by atoms with Crippen LogP contribution in [0.25, 0.3) is 0 Å². The molecule has 2 rings (SSSR count). The lowest BCUT2D eigenvalue weighted by molar-refractivity contribution is -0.127. The summed E-state index contributed by atoms with van der Waals surface area (Å²) in [7, 11) is 3.55. The smallest absolute Gasteiger partial charge is 0.243 e. The molecule has 1 saturated carbocycles. The van der Waals surface area contributed by atoms with Crippen LogP contribution in [0, 0.1) is 5.41 Å². The van der Waals surface area contributed by atoms with Crippen molar-refractivity contribution < 1.29 is 9.53 Å². The van der Waals surface area contributed by atoms with Gasteiger partial charge in [0.25, 0.3) is 0 Å². The minimum atomic E-state index is 0.0253. The van der Waals surface area contributed by atoms with Crippen LogP contribution in [-0.4, -0.2) is 88.2 Å². The molecule has 0 bridgehead atoms. The summed E-state index contributed by atoms with van der Waals surface area (Å²) in [5, 5.41) is 6.99. The molecule has 7 heteroatoms. The van der Waals surface area contributed by atoms with Crippen molar-refractivity contribution in [2.75, 3.05) is 66.6 Å². The van der Waals surface area contributed by atoms with Gasteiger partial charge >= 0.3 is 0 Å². The molecule has 162 valence electrons. The van der Waals surface area contributed by atoms with Crippen LogP contribution in [0.3, 0.4) is 0 Å². The van der Waals surface area contributed by atoms with Gasteiger partial charge in [-0.2, -0.15) is 0 Å². The first-order valence-electron chi connectivity index (χ1n) is 11.1. The Morgan fingerprint density at radius 2 is 1.86 bits per heavy atom. The minimum absolute atomic E-state index is 0.0253. The van der Waals surface area contributed by atoms with Crippen LogP contribution in [0.2, 0.25) is 0 Å². The van der Waals surface area contributed by atoms with Crippen LogP contribution in [0.5, 0.6) is 0 Å². The summed E-state index contributed by atoms with van der Waals surface area (Å²) in [6, 6.07) is 0. The van der Waals surface area contributed by atoms with Crippen LogP contribution < -0.4 is 10.6 Å². The Bertz CT molecular complexity index is 483. The molecular formula is C21H41N5O2. The predicted octanol–water partition coefficient (Wildman–Crippen LogP) is 1.69. The van der Waals surface area contributed by atoms with E-state index in [1.807, 2.05) is 0 Å². The number of nitrogens with one attached hydrogen (secondary N) is 2. The standard InChI is InChI=1S/C21H41N5O2/c1-4-5-11-22-20(23-16-19(27)25(2)3)24-17-21(9-7-6-8-10-21)18-26-12-14-28-15-13-26/h4-18H2,1-3H3,(H2,22,23,24). The van der Waals surface area contributed by atoms with E-state index in [0.29, 0.717) is 0 Å². The summed E-state index contributed by atoms with van der Waals surface area (Å²) in [4.78, 5) is 20.7. The van der Waals surface area contributed by atoms with Gasteiger partial charge in [0.2, 0.25) is 5.91 Å². The minimum Gasteiger partial charge on any atom is -0.379 e. The third kappa shape index (κ3) is 7.95. The number of rotatable bonds is 9.